The minimum atomic E-state index is -0.316. The highest BCUT2D eigenvalue weighted by Gasteiger charge is 2.14. The minimum Gasteiger partial charge on any atom is -0.493 e. The molecule has 0 heterocycles. The van der Waals surface area contributed by atoms with Crippen LogP contribution in [0.15, 0.2) is 42.5 Å². The van der Waals surface area contributed by atoms with Crippen molar-refractivity contribution in [2.75, 3.05) is 11.9 Å². The summed E-state index contributed by atoms with van der Waals surface area (Å²) in [6.07, 6.45) is 0. The molecule has 0 bridgehead atoms. The first kappa shape index (κ1) is 14.7. The van der Waals surface area contributed by atoms with E-state index in [4.69, 9.17) is 27.9 Å². The molecule has 2 rings (SSSR count). The van der Waals surface area contributed by atoms with E-state index < -0.39 is 0 Å². The maximum atomic E-state index is 12.3. The average Bonchev–Trinajstić information content (AvgIpc) is 2.43. The second kappa shape index (κ2) is 6.64. The van der Waals surface area contributed by atoms with E-state index in [9.17, 15) is 4.79 Å². The van der Waals surface area contributed by atoms with Crippen LogP contribution in [0.2, 0.25) is 10.0 Å². The van der Waals surface area contributed by atoms with E-state index in [1.54, 1.807) is 42.5 Å². The molecule has 1 N–H and O–H groups in total. The number of benzene rings is 2. The second-order valence-corrected chi connectivity index (χ2v) is 4.85. The standard InChI is InChI=1S/C15H13Cl2NO2/c1-2-20-14-8-7-10(16)9-11(14)15(19)18-13-6-4-3-5-12(13)17/h3-9H,2H2,1H3,(H,18,19). The van der Waals surface area contributed by atoms with Gasteiger partial charge in [0, 0.05) is 5.02 Å². The van der Waals surface area contributed by atoms with E-state index in [-0.39, 0.29) is 5.91 Å². The molecular weight excluding hydrogens is 297 g/mol. The third-order valence-corrected chi connectivity index (χ3v) is 3.17. The molecule has 2 aromatic rings. The molecule has 0 fully saturated rings. The third kappa shape index (κ3) is 3.44. The van der Waals surface area contributed by atoms with E-state index in [0.717, 1.165) is 0 Å². The fourth-order valence-electron chi connectivity index (χ4n) is 1.71. The first-order valence-corrected chi connectivity index (χ1v) is 6.85. The van der Waals surface area contributed by atoms with Gasteiger partial charge in [-0.05, 0) is 37.3 Å². The van der Waals surface area contributed by atoms with Crippen molar-refractivity contribution < 1.29 is 9.53 Å². The highest BCUT2D eigenvalue weighted by Crippen LogP contribution is 2.26. The van der Waals surface area contributed by atoms with Gasteiger partial charge in [-0.15, -0.1) is 0 Å². The summed E-state index contributed by atoms with van der Waals surface area (Å²) >= 11 is 11.9. The fraction of sp³-hybridized carbons (Fsp3) is 0.133. The number of carbonyl (C=O) groups excluding carboxylic acids is 1. The third-order valence-electron chi connectivity index (χ3n) is 2.61. The van der Waals surface area contributed by atoms with Gasteiger partial charge in [-0.3, -0.25) is 4.79 Å². The minimum absolute atomic E-state index is 0.316. The number of hydrogen-bond donors (Lipinski definition) is 1. The Morgan fingerprint density at radius 1 is 1.20 bits per heavy atom. The van der Waals surface area contributed by atoms with Crippen molar-refractivity contribution in [3.05, 3.63) is 58.1 Å². The maximum absolute atomic E-state index is 12.3. The molecule has 0 unspecified atom stereocenters. The fourth-order valence-corrected chi connectivity index (χ4v) is 2.07. The van der Waals surface area contributed by atoms with Gasteiger partial charge in [0.15, 0.2) is 0 Å². The van der Waals surface area contributed by atoms with E-state index in [2.05, 4.69) is 5.32 Å². The predicted molar refractivity (Wildman–Crippen MR) is 82.0 cm³/mol. The van der Waals surface area contributed by atoms with Crippen molar-refractivity contribution in [2.45, 2.75) is 6.92 Å². The Morgan fingerprint density at radius 2 is 1.95 bits per heavy atom. The van der Waals surface area contributed by atoms with Crippen LogP contribution in [0.1, 0.15) is 17.3 Å². The summed E-state index contributed by atoms with van der Waals surface area (Å²) < 4.78 is 5.43. The Kier molecular flexibility index (Phi) is 4.88. The number of nitrogens with one attached hydrogen (secondary N) is 1. The Morgan fingerprint density at radius 3 is 2.65 bits per heavy atom. The lowest BCUT2D eigenvalue weighted by molar-refractivity contribution is 0.102. The van der Waals surface area contributed by atoms with Gasteiger partial charge in [0.1, 0.15) is 5.75 Å². The van der Waals surface area contributed by atoms with Gasteiger partial charge < -0.3 is 10.1 Å². The molecular formula is C15H13Cl2NO2. The Hall–Kier alpha value is -1.71. The monoisotopic (exact) mass is 309 g/mol. The van der Waals surface area contributed by atoms with E-state index in [1.807, 2.05) is 6.92 Å². The van der Waals surface area contributed by atoms with Gasteiger partial charge in [0.25, 0.3) is 5.91 Å². The van der Waals surface area contributed by atoms with Gasteiger partial charge >= 0.3 is 0 Å². The van der Waals surface area contributed by atoms with Crippen LogP contribution in [0.4, 0.5) is 5.69 Å². The average molecular weight is 310 g/mol. The van der Waals surface area contributed by atoms with Crippen molar-refractivity contribution in [1.82, 2.24) is 0 Å². The van der Waals surface area contributed by atoms with Gasteiger partial charge in [0.2, 0.25) is 0 Å². The quantitative estimate of drug-likeness (QED) is 0.893. The molecule has 0 saturated heterocycles. The number of halogens is 2. The molecule has 104 valence electrons. The Balaban J connectivity index is 2.29. The van der Waals surface area contributed by atoms with Gasteiger partial charge in [0.05, 0.1) is 22.9 Å². The Labute approximate surface area is 127 Å². The normalized spacial score (nSPS) is 10.2. The smallest absolute Gasteiger partial charge is 0.259 e. The maximum Gasteiger partial charge on any atom is 0.259 e. The molecule has 3 nitrogen and oxygen atoms in total. The van der Waals surface area contributed by atoms with Crippen molar-refractivity contribution in [3.8, 4) is 5.75 Å². The summed E-state index contributed by atoms with van der Waals surface area (Å²) in [6.45, 7) is 2.32. The molecule has 0 aliphatic heterocycles. The number of ether oxygens (including phenoxy) is 1. The summed E-state index contributed by atoms with van der Waals surface area (Å²) in [5.74, 6) is 0.172. The van der Waals surface area contributed by atoms with Crippen LogP contribution < -0.4 is 10.1 Å². The summed E-state index contributed by atoms with van der Waals surface area (Å²) in [5, 5.41) is 3.69. The molecule has 2 aromatic carbocycles. The second-order valence-electron chi connectivity index (χ2n) is 4.01. The van der Waals surface area contributed by atoms with Gasteiger partial charge in [-0.1, -0.05) is 35.3 Å². The van der Waals surface area contributed by atoms with Crippen LogP contribution in [0.3, 0.4) is 0 Å². The van der Waals surface area contributed by atoms with Crippen molar-refractivity contribution in [1.29, 1.82) is 0 Å². The van der Waals surface area contributed by atoms with E-state index in [1.165, 1.54) is 0 Å². The highest BCUT2D eigenvalue weighted by molar-refractivity contribution is 6.34. The summed E-state index contributed by atoms with van der Waals surface area (Å²) in [4.78, 5) is 12.3. The zero-order valence-electron chi connectivity index (χ0n) is 10.8. The molecule has 5 heteroatoms. The van der Waals surface area contributed by atoms with Crippen LogP contribution in [-0.2, 0) is 0 Å². The van der Waals surface area contributed by atoms with Crippen LogP contribution in [0.5, 0.6) is 5.75 Å². The number of rotatable bonds is 4. The van der Waals surface area contributed by atoms with E-state index in [0.29, 0.717) is 33.7 Å². The predicted octanol–water partition coefficient (Wildman–Crippen LogP) is 4.64. The largest absolute Gasteiger partial charge is 0.493 e. The topological polar surface area (TPSA) is 38.3 Å². The highest BCUT2D eigenvalue weighted by atomic mass is 35.5. The number of para-hydroxylation sites is 1. The lowest BCUT2D eigenvalue weighted by Crippen LogP contribution is -2.14. The first-order chi connectivity index (χ1) is 9.61. The first-order valence-electron chi connectivity index (χ1n) is 6.10. The molecule has 0 aliphatic rings. The molecule has 0 aromatic heterocycles. The van der Waals surface area contributed by atoms with Crippen molar-refractivity contribution in [3.63, 3.8) is 0 Å². The molecule has 0 aliphatic carbocycles. The van der Waals surface area contributed by atoms with Crippen LogP contribution in [-0.4, -0.2) is 12.5 Å². The van der Waals surface area contributed by atoms with Crippen LogP contribution >= 0.6 is 23.2 Å². The lowest BCUT2D eigenvalue weighted by atomic mass is 10.2. The summed E-state index contributed by atoms with van der Waals surface area (Å²) in [6, 6.07) is 11.9. The summed E-state index contributed by atoms with van der Waals surface area (Å²) in [5.41, 5.74) is 0.917. The number of anilines is 1. The SMILES string of the molecule is CCOc1ccc(Cl)cc1C(=O)Nc1ccccc1Cl. The molecule has 0 saturated carbocycles. The van der Waals surface area contributed by atoms with Gasteiger partial charge in [-0.2, -0.15) is 0 Å². The van der Waals surface area contributed by atoms with Crippen LogP contribution in [0.25, 0.3) is 0 Å². The zero-order chi connectivity index (χ0) is 14.5. The van der Waals surface area contributed by atoms with E-state index >= 15 is 0 Å². The lowest BCUT2D eigenvalue weighted by Gasteiger charge is -2.11. The van der Waals surface area contributed by atoms with Crippen LogP contribution in [0, 0.1) is 0 Å². The summed E-state index contributed by atoms with van der Waals surface area (Å²) in [7, 11) is 0. The molecule has 0 spiro atoms. The molecule has 0 atom stereocenters. The molecule has 1 amide bonds. The number of hydrogen-bond acceptors (Lipinski definition) is 2. The molecule has 0 radical (unpaired) electrons. The molecule has 20 heavy (non-hydrogen) atoms. The number of carbonyl (C=O) groups is 1. The number of amides is 1. The zero-order valence-corrected chi connectivity index (χ0v) is 12.3. The van der Waals surface area contributed by atoms with Crippen molar-refractivity contribution >= 4 is 34.8 Å². The Bertz CT molecular complexity index is 629. The van der Waals surface area contributed by atoms with Crippen molar-refractivity contribution in [2.24, 2.45) is 0 Å². The van der Waals surface area contributed by atoms with Gasteiger partial charge in [-0.25, -0.2) is 0 Å².